The number of carbonyl (C=O) groups excluding carboxylic acids is 1. The lowest BCUT2D eigenvalue weighted by Crippen LogP contribution is -2.10. The molecule has 0 spiro atoms. The molecule has 2 rings (SSSR count). The SMILES string of the molecule is CCOC(=O)c1c(CCCCc2ccc(OC)cc2)cccc1OC. The summed E-state index contributed by atoms with van der Waals surface area (Å²) in [6.45, 7) is 2.16. The number of benzene rings is 2. The molecule has 4 heteroatoms. The molecule has 0 radical (unpaired) electrons. The molecule has 0 fully saturated rings. The van der Waals surface area contributed by atoms with Gasteiger partial charge in [-0.15, -0.1) is 0 Å². The molecule has 0 unspecified atom stereocenters. The van der Waals surface area contributed by atoms with E-state index in [2.05, 4.69) is 12.1 Å². The maximum atomic E-state index is 12.2. The van der Waals surface area contributed by atoms with Gasteiger partial charge < -0.3 is 14.2 Å². The molecule has 2 aromatic rings. The first-order valence-electron chi connectivity index (χ1n) is 8.65. The summed E-state index contributed by atoms with van der Waals surface area (Å²) in [5.41, 5.74) is 2.82. The summed E-state index contributed by atoms with van der Waals surface area (Å²) in [5.74, 6) is 1.13. The van der Waals surface area contributed by atoms with Crippen LogP contribution in [0, 0.1) is 0 Å². The third kappa shape index (κ3) is 5.24. The van der Waals surface area contributed by atoms with Crippen LogP contribution < -0.4 is 9.47 Å². The second-order valence-electron chi connectivity index (χ2n) is 5.77. The zero-order valence-corrected chi connectivity index (χ0v) is 15.2. The Hall–Kier alpha value is -2.49. The van der Waals surface area contributed by atoms with E-state index >= 15 is 0 Å². The van der Waals surface area contributed by atoms with Crippen molar-refractivity contribution in [2.45, 2.75) is 32.6 Å². The van der Waals surface area contributed by atoms with Gasteiger partial charge in [0.25, 0.3) is 0 Å². The second-order valence-corrected chi connectivity index (χ2v) is 5.77. The highest BCUT2D eigenvalue weighted by atomic mass is 16.5. The highest BCUT2D eigenvalue weighted by Gasteiger charge is 2.17. The Morgan fingerprint density at radius 1 is 0.920 bits per heavy atom. The summed E-state index contributed by atoms with van der Waals surface area (Å²) in [6, 6.07) is 13.8. The summed E-state index contributed by atoms with van der Waals surface area (Å²) < 4.78 is 15.7. The van der Waals surface area contributed by atoms with Crippen molar-refractivity contribution in [2.75, 3.05) is 20.8 Å². The van der Waals surface area contributed by atoms with E-state index in [-0.39, 0.29) is 5.97 Å². The average Bonchev–Trinajstić information content (AvgIpc) is 2.65. The fraction of sp³-hybridized carbons (Fsp3) is 0.381. The average molecular weight is 342 g/mol. The van der Waals surface area contributed by atoms with E-state index in [9.17, 15) is 4.79 Å². The van der Waals surface area contributed by atoms with E-state index in [0.717, 1.165) is 37.0 Å². The molecule has 0 saturated heterocycles. The maximum Gasteiger partial charge on any atom is 0.342 e. The molecule has 0 saturated carbocycles. The van der Waals surface area contributed by atoms with Crippen molar-refractivity contribution in [3.05, 3.63) is 59.2 Å². The number of unbranched alkanes of at least 4 members (excludes halogenated alkanes) is 1. The van der Waals surface area contributed by atoms with Crippen molar-refractivity contribution >= 4 is 5.97 Å². The minimum absolute atomic E-state index is 0.315. The van der Waals surface area contributed by atoms with Gasteiger partial charge in [-0.3, -0.25) is 0 Å². The Morgan fingerprint density at radius 2 is 1.64 bits per heavy atom. The van der Waals surface area contributed by atoms with Gasteiger partial charge in [-0.05, 0) is 61.9 Å². The van der Waals surface area contributed by atoms with E-state index in [1.54, 1.807) is 20.3 Å². The fourth-order valence-corrected chi connectivity index (χ4v) is 2.83. The number of rotatable bonds is 9. The van der Waals surface area contributed by atoms with Gasteiger partial charge in [-0.1, -0.05) is 24.3 Å². The molecule has 0 bridgehead atoms. The molecule has 0 aromatic heterocycles. The Balaban J connectivity index is 1.96. The summed E-state index contributed by atoms with van der Waals surface area (Å²) in [5, 5.41) is 0. The molecular formula is C21H26O4. The summed E-state index contributed by atoms with van der Waals surface area (Å²) >= 11 is 0. The van der Waals surface area contributed by atoms with Crippen molar-refractivity contribution in [1.29, 1.82) is 0 Å². The molecule has 0 N–H and O–H groups in total. The van der Waals surface area contributed by atoms with Crippen LogP contribution in [0.25, 0.3) is 0 Å². The van der Waals surface area contributed by atoms with Crippen LogP contribution in [0.2, 0.25) is 0 Å². The van der Waals surface area contributed by atoms with E-state index in [1.807, 2.05) is 31.2 Å². The van der Waals surface area contributed by atoms with Gasteiger partial charge in [0.15, 0.2) is 0 Å². The predicted octanol–water partition coefficient (Wildman–Crippen LogP) is 4.45. The smallest absolute Gasteiger partial charge is 0.342 e. The van der Waals surface area contributed by atoms with E-state index in [0.29, 0.717) is 17.9 Å². The van der Waals surface area contributed by atoms with Crippen molar-refractivity contribution in [3.63, 3.8) is 0 Å². The van der Waals surface area contributed by atoms with Crippen LogP contribution in [-0.4, -0.2) is 26.8 Å². The molecule has 0 aliphatic heterocycles. The van der Waals surface area contributed by atoms with Gasteiger partial charge in [0.2, 0.25) is 0 Å². The lowest BCUT2D eigenvalue weighted by molar-refractivity contribution is 0.0521. The highest BCUT2D eigenvalue weighted by molar-refractivity contribution is 5.94. The molecule has 0 amide bonds. The standard InChI is InChI=1S/C21H26O4/c1-4-25-21(22)20-17(10-7-11-19(20)24-3)9-6-5-8-16-12-14-18(23-2)15-13-16/h7,10-15H,4-6,8-9H2,1-3H3. The lowest BCUT2D eigenvalue weighted by atomic mass is 9.99. The molecule has 4 nitrogen and oxygen atoms in total. The topological polar surface area (TPSA) is 44.8 Å². The normalized spacial score (nSPS) is 10.4. The quantitative estimate of drug-likeness (QED) is 0.499. The number of hydrogen-bond donors (Lipinski definition) is 0. The van der Waals surface area contributed by atoms with Gasteiger partial charge in [0, 0.05) is 0 Å². The van der Waals surface area contributed by atoms with Gasteiger partial charge >= 0.3 is 5.97 Å². The van der Waals surface area contributed by atoms with Crippen LogP contribution in [0.4, 0.5) is 0 Å². The number of carbonyl (C=O) groups is 1. The minimum Gasteiger partial charge on any atom is -0.497 e. The number of methoxy groups -OCH3 is 2. The highest BCUT2D eigenvalue weighted by Crippen LogP contribution is 2.25. The van der Waals surface area contributed by atoms with Crippen molar-refractivity contribution in [1.82, 2.24) is 0 Å². The zero-order chi connectivity index (χ0) is 18.1. The van der Waals surface area contributed by atoms with Crippen molar-refractivity contribution in [3.8, 4) is 11.5 Å². The molecule has 134 valence electrons. The van der Waals surface area contributed by atoms with Gasteiger partial charge in [-0.2, -0.15) is 0 Å². The van der Waals surface area contributed by atoms with Gasteiger partial charge in [-0.25, -0.2) is 4.79 Å². The van der Waals surface area contributed by atoms with Crippen LogP contribution in [0.1, 0.15) is 41.3 Å². The molecular weight excluding hydrogens is 316 g/mol. The number of hydrogen-bond acceptors (Lipinski definition) is 4. The van der Waals surface area contributed by atoms with Gasteiger partial charge in [0.05, 0.1) is 20.8 Å². The third-order valence-electron chi connectivity index (χ3n) is 4.13. The first-order chi connectivity index (χ1) is 12.2. The fourth-order valence-electron chi connectivity index (χ4n) is 2.83. The molecule has 0 aliphatic carbocycles. The van der Waals surface area contributed by atoms with Crippen LogP contribution in [0.5, 0.6) is 11.5 Å². The monoisotopic (exact) mass is 342 g/mol. The van der Waals surface area contributed by atoms with Crippen LogP contribution >= 0.6 is 0 Å². The molecule has 0 heterocycles. The van der Waals surface area contributed by atoms with Crippen LogP contribution in [0.3, 0.4) is 0 Å². The Bertz CT molecular complexity index is 677. The maximum absolute atomic E-state index is 12.2. The minimum atomic E-state index is -0.315. The van der Waals surface area contributed by atoms with Gasteiger partial charge in [0.1, 0.15) is 17.1 Å². The largest absolute Gasteiger partial charge is 0.497 e. The first kappa shape index (κ1) is 18.8. The van der Waals surface area contributed by atoms with E-state index in [1.165, 1.54) is 5.56 Å². The third-order valence-corrected chi connectivity index (χ3v) is 4.13. The summed E-state index contributed by atoms with van der Waals surface area (Å²) in [7, 11) is 3.25. The van der Waals surface area contributed by atoms with Crippen LogP contribution in [-0.2, 0) is 17.6 Å². The Labute approximate surface area is 149 Å². The molecule has 0 aliphatic rings. The first-order valence-corrected chi connectivity index (χ1v) is 8.65. The summed E-state index contributed by atoms with van der Waals surface area (Å²) in [6.07, 6.45) is 3.86. The van der Waals surface area contributed by atoms with Crippen molar-refractivity contribution in [2.24, 2.45) is 0 Å². The van der Waals surface area contributed by atoms with Crippen molar-refractivity contribution < 1.29 is 19.0 Å². The molecule has 2 aromatic carbocycles. The van der Waals surface area contributed by atoms with E-state index in [4.69, 9.17) is 14.2 Å². The van der Waals surface area contributed by atoms with Crippen LogP contribution in [0.15, 0.2) is 42.5 Å². The summed E-state index contributed by atoms with van der Waals surface area (Å²) in [4.78, 5) is 12.2. The number of aryl methyl sites for hydroxylation is 2. The van der Waals surface area contributed by atoms with E-state index < -0.39 is 0 Å². The molecule has 25 heavy (non-hydrogen) atoms. The molecule has 0 atom stereocenters. The Morgan fingerprint density at radius 3 is 2.28 bits per heavy atom. The Kier molecular flexibility index (Phi) is 7.33. The zero-order valence-electron chi connectivity index (χ0n) is 15.2. The lowest BCUT2D eigenvalue weighted by Gasteiger charge is -2.13. The predicted molar refractivity (Wildman–Crippen MR) is 98.6 cm³/mol. The number of ether oxygens (including phenoxy) is 3. The number of esters is 1. The second kappa shape index (κ2) is 9.72.